The minimum Gasteiger partial charge on any atom is -0.336 e. The molecular weight excluding hydrogens is 345 g/mol. The molecule has 1 aromatic heterocycles. The number of carbonyl (C=O) groups is 1. The second-order valence-electron chi connectivity index (χ2n) is 3.60. The van der Waals surface area contributed by atoms with Crippen molar-refractivity contribution in [1.82, 2.24) is 14.9 Å². The fraction of sp³-hybridized carbons (Fsp3) is 0.100. The predicted molar refractivity (Wildman–Crippen MR) is 81.0 cm³/mol. The lowest BCUT2D eigenvalue weighted by molar-refractivity contribution is -0.113. The van der Waals surface area contributed by atoms with Crippen LogP contribution in [0.25, 0.3) is 0 Å². The molecule has 0 aliphatic rings. The minimum atomic E-state index is -0.302. The van der Waals surface area contributed by atoms with E-state index >= 15 is 0 Å². The molecule has 0 radical (unpaired) electrons. The number of rotatable bonds is 4. The zero-order valence-electron chi connectivity index (χ0n) is 9.81. The van der Waals surface area contributed by atoms with Gasteiger partial charge in [-0.05, 0) is 12.1 Å². The Morgan fingerprint density at radius 1 is 1.35 bits per heavy atom. The van der Waals surface area contributed by atoms with Crippen LogP contribution in [0.3, 0.4) is 0 Å². The SMILES string of the molecule is Nn1cnnc1SCC(=O)Nc1c(Cl)cc(Cl)cc1Cl. The van der Waals surface area contributed by atoms with Crippen LogP contribution in [0.5, 0.6) is 0 Å². The Labute approximate surface area is 133 Å². The van der Waals surface area contributed by atoms with E-state index < -0.39 is 0 Å². The van der Waals surface area contributed by atoms with Crippen LogP contribution in [0.2, 0.25) is 15.1 Å². The highest BCUT2D eigenvalue weighted by Crippen LogP contribution is 2.33. The Balaban J connectivity index is 2.00. The van der Waals surface area contributed by atoms with Gasteiger partial charge in [0.25, 0.3) is 0 Å². The van der Waals surface area contributed by atoms with E-state index in [9.17, 15) is 4.79 Å². The summed E-state index contributed by atoms with van der Waals surface area (Å²) in [7, 11) is 0. The summed E-state index contributed by atoms with van der Waals surface area (Å²) in [6, 6.07) is 2.99. The number of nitrogen functional groups attached to an aromatic ring is 1. The fourth-order valence-corrected chi connectivity index (χ4v) is 2.85. The lowest BCUT2D eigenvalue weighted by Crippen LogP contribution is -2.16. The Kier molecular flexibility index (Phi) is 4.98. The topological polar surface area (TPSA) is 85.8 Å². The first-order chi connectivity index (χ1) is 9.47. The number of amides is 1. The molecule has 106 valence electrons. The molecule has 0 unspecified atom stereocenters. The molecule has 0 fully saturated rings. The van der Waals surface area contributed by atoms with Gasteiger partial charge in [0, 0.05) is 5.02 Å². The normalized spacial score (nSPS) is 10.6. The summed E-state index contributed by atoms with van der Waals surface area (Å²) in [5.41, 5.74) is 0.317. The van der Waals surface area contributed by atoms with E-state index in [0.717, 1.165) is 11.8 Å². The number of hydrogen-bond acceptors (Lipinski definition) is 5. The molecule has 1 amide bonds. The highest BCUT2D eigenvalue weighted by Gasteiger charge is 2.12. The average Bonchev–Trinajstić information content (AvgIpc) is 2.77. The number of halogens is 3. The Morgan fingerprint density at radius 3 is 2.55 bits per heavy atom. The van der Waals surface area contributed by atoms with E-state index in [1.807, 2.05) is 0 Å². The number of nitrogens with two attached hydrogens (primary N) is 1. The first-order valence-electron chi connectivity index (χ1n) is 5.19. The molecule has 10 heteroatoms. The quantitative estimate of drug-likeness (QED) is 0.652. The average molecular weight is 353 g/mol. The molecule has 3 N–H and O–H groups in total. The van der Waals surface area contributed by atoms with Gasteiger partial charge in [-0.15, -0.1) is 10.2 Å². The summed E-state index contributed by atoms with van der Waals surface area (Å²) in [6.45, 7) is 0. The molecule has 6 nitrogen and oxygen atoms in total. The fourth-order valence-electron chi connectivity index (χ4n) is 1.30. The maximum Gasteiger partial charge on any atom is 0.234 e. The zero-order chi connectivity index (χ0) is 14.7. The minimum absolute atomic E-state index is 0.0885. The van der Waals surface area contributed by atoms with Gasteiger partial charge in [-0.25, -0.2) is 4.68 Å². The molecule has 20 heavy (non-hydrogen) atoms. The summed E-state index contributed by atoms with van der Waals surface area (Å²) in [5, 5.41) is 11.3. The zero-order valence-corrected chi connectivity index (χ0v) is 12.9. The van der Waals surface area contributed by atoms with E-state index in [4.69, 9.17) is 40.6 Å². The molecule has 0 aliphatic heterocycles. The van der Waals surface area contributed by atoms with Crippen molar-refractivity contribution >= 4 is 58.2 Å². The maximum atomic E-state index is 11.8. The number of benzene rings is 1. The number of nitrogens with one attached hydrogen (secondary N) is 1. The van der Waals surface area contributed by atoms with Gasteiger partial charge in [0.05, 0.1) is 21.5 Å². The van der Waals surface area contributed by atoms with Crippen molar-refractivity contribution in [2.75, 3.05) is 16.9 Å². The van der Waals surface area contributed by atoms with Crippen LogP contribution in [0.1, 0.15) is 0 Å². The lowest BCUT2D eigenvalue weighted by Gasteiger charge is -2.09. The van der Waals surface area contributed by atoms with Crippen LogP contribution in [0.15, 0.2) is 23.6 Å². The molecular formula is C10H8Cl3N5OS. The van der Waals surface area contributed by atoms with Crippen LogP contribution in [0.4, 0.5) is 5.69 Å². The number of carbonyl (C=O) groups excluding carboxylic acids is 1. The van der Waals surface area contributed by atoms with Gasteiger partial charge in [-0.2, -0.15) is 0 Å². The Morgan fingerprint density at radius 2 is 2.00 bits per heavy atom. The van der Waals surface area contributed by atoms with Gasteiger partial charge in [-0.1, -0.05) is 46.6 Å². The van der Waals surface area contributed by atoms with Crippen LogP contribution in [-0.2, 0) is 4.79 Å². The van der Waals surface area contributed by atoms with E-state index in [2.05, 4.69) is 15.5 Å². The first kappa shape index (κ1) is 15.2. The molecule has 1 aromatic carbocycles. The highest BCUT2D eigenvalue weighted by molar-refractivity contribution is 7.99. The van der Waals surface area contributed by atoms with E-state index in [-0.39, 0.29) is 21.7 Å². The van der Waals surface area contributed by atoms with Gasteiger partial charge in [-0.3, -0.25) is 4.79 Å². The molecule has 0 bridgehead atoms. The van der Waals surface area contributed by atoms with Gasteiger partial charge in [0.2, 0.25) is 11.1 Å². The number of nitrogens with zero attached hydrogens (tertiary/aromatic N) is 3. The van der Waals surface area contributed by atoms with E-state index in [0.29, 0.717) is 15.9 Å². The van der Waals surface area contributed by atoms with Crippen LogP contribution in [0, 0.1) is 0 Å². The summed E-state index contributed by atoms with van der Waals surface area (Å²) in [4.78, 5) is 11.8. The first-order valence-corrected chi connectivity index (χ1v) is 7.31. The summed E-state index contributed by atoms with van der Waals surface area (Å²) >= 11 is 18.9. The largest absolute Gasteiger partial charge is 0.336 e. The molecule has 2 aromatic rings. The molecule has 0 atom stereocenters. The van der Waals surface area contributed by atoms with Crippen molar-refractivity contribution in [3.05, 3.63) is 33.5 Å². The van der Waals surface area contributed by atoms with Crippen molar-refractivity contribution in [3.8, 4) is 0 Å². The smallest absolute Gasteiger partial charge is 0.234 e. The van der Waals surface area contributed by atoms with E-state index in [1.54, 1.807) is 0 Å². The Bertz CT molecular complexity index is 625. The predicted octanol–water partition coefficient (Wildman–Crippen LogP) is 2.68. The van der Waals surface area contributed by atoms with Crippen LogP contribution >= 0.6 is 46.6 Å². The van der Waals surface area contributed by atoms with Crippen molar-refractivity contribution < 1.29 is 4.79 Å². The van der Waals surface area contributed by atoms with Gasteiger partial charge < -0.3 is 11.2 Å². The molecule has 1 heterocycles. The summed E-state index contributed by atoms with van der Waals surface area (Å²) in [6.07, 6.45) is 1.34. The van der Waals surface area contributed by atoms with Crippen molar-refractivity contribution in [1.29, 1.82) is 0 Å². The van der Waals surface area contributed by atoms with Gasteiger partial charge in [0.1, 0.15) is 6.33 Å². The van der Waals surface area contributed by atoms with E-state index in [1.165, 1.54) is 23.1 Å². The second-order valence-corrected chi connectivity index (χ2v) is 5.80. The third-order valence-corrected chi connectivity index (χ3v) is 3.92. The molecule has 0 aliphatic carbocycles. The van der Waals surface area contributed by atoms with Crippen molar-refractivity contribution in [2.45, 2.75) is 5.16 Å². The van der Waals surface area contributed by atoms with Crippen molar-refractivity contribution in [2.24, 2.45) is 0 Å². The summed E-state index contributed by atoms with van der Waals surface area (Å²) in [5.74, 6) is 5.31. The highest BCUT2D eigenvalue weighted by atomic mass is 35.5. The molecule has 2 rings (SSSR count). The second kappa shape index (κ2) is 6.53. The molecule has 0 saturated heterocycles. The van der Waals surface area contributed by atoms with Crippen molar-refractivity contribution in [3.63, 3.8) is 0 Å². The molecule has 0 saturated carbocycles. The monoisotopic (exact) mass is 351 g/mol. The Hall–Kier alpha value is -1.15. The standard InChI is InChI=1S/C10H8Cl3N5OS/c11-5-1-6(12)9(7(13)2-5)16-8(19)3-20-10-17-15-4-18(10)14/h1-2,4H,3,14H2,(H,16,19). The third kappa shape index (κ3) is 3.69. The van der Waals surface area contributed by atoms with Crippen LogP contribution < -0.4 is 11.2 Å². The number of anilines is 1. The third-order valence-electron chi connectivity index (χ3n) is 2.14. The number of thioether (sulfide) groups is 1. The summed E-state index contributed by atoms with van der Waals surface area (Å²) < 4.78 is 1.22. The van der Waals surface area contributed by atoms with Crippen LogP contribution in [-0.4, -0.2) is 26.5 Å². The maximum absolute atomic E-state index is 11.8. The lowest BCUT2D eigenvalue weighted by atomic mass is 10.3. The van der Waals surface area contributed by atoms with Gasteiger partial charge in [0.15, 0.2) is 0 Å². The number of aromatic nitrogens is 3. The molecule has 0 spiro atoms. The van der Waals surface area contributed by atoms with Gasteiger partial charge >= 0.3 is 0 Å². The number of hydrogen-bond donors (Lipinski definition) is 2.